The van der Waals surface area contributed by atoms with Gasteiger partial charge in [-0.3, -0.25) is 4.79 Å². The molecule has 0 fully saturated rings. The Balaban J connectivity index is 2.09. The Bertz CT molecular complexity index is 549. The quantitative estimate of drug-likeness (QED) is 0.770. The number of ether oxygens (including phenoxy) is 1. The summed E-state index contributed by atoms with van der Waals surface area (Å²) >= 11 is 0. The molecular weight excluding hydrogens is 230 g/mol. The van der Waals surface area contributed by atoms with Crippen molar-refractivity contribution in [2.75, 3.05) is 18.2 Å². The Hall–Kier alpha value is -2.27. The smallest absolute Gasteiger partial charge is 0.272 e. The molecule has 0 unspecified atom stereocenters. The molecule has 1 aromatic heterocycles. The first-order valence-electron chi connectivity index (χ1n) is 5.52. The van der Waals surface area contributed by atoms with Crippen LogP contribution in [0, 0.1) is 0 Å². The number of nitrogens with two attached hydrogens (primary N) is 1. The number of carbonyl (C=O) groups is 1. The molecule has 0 saturated carbocycles. The monoisotopic (exact) mass is 245 g/mol. The molecule has 2 rings (SSSR count). The second-order valence-corrected chi connectivity index (χ2v) is 3.93. The van der Waals surface area contributed by atoms with Gasteiger partial charge in [-0.25, -0.2) is 0 Å². The van der Waals surface area contributed by atoms with Gasteiger partial charge in [0.15, 0.2) is 0 Å². The lowest BCUT2D eigenvalue weighted by Crippen LogP contribution is -2.12. The molecule has 2 aromatic rings. The van der Waals surface area contributed by atoms with Crippen LogP contribution in [0.2, 0.25) is 0 Å². The van der Waals surface area contributed by atoms with Gasteiger partial charge in [0.1, 0.15) is 5.69 Å². The van der Waals surface area contributed by atoms with Gasteiger partial charge in [-0.15, -0.1) is 0 Å². The average Bonchev–Trinajstić information content (AvgIpc) is 2.77. The van der Waals surface area contributed by atoms with Crippen molar-refractivity contribution in [3.05, 3.63) is 47.8 Å². The Kier molecular flexibility index (Phi) is 3.64. The molecule has 0 bridgehead atoms. The van der Waals surface area contributed by atoms with E-state index in [1.165, 1.54) is 0 Å². The van der Waals surface area contributed by atoms with Gasteiger partial charge >= 0.3 is 0 Å². The maximum atomic E-state index is 11.9. The predicted octanol–water partition coefficient (Wildman–Crippen LogP) is 2.00. The van der Waals surface area contributed by atoms with Crippen molar-refractivity contribution in [3.63, 3.8) is 0 Å². The summed E-state index contributed by atoms with van der Waals surface area (Å²) in [6.07, 6.45) is 1.58. The van der Waals surface area contributed by atoms with Gasteiger partial charge in [-0.2, -0.15) is 0 Å². The third-order valence-electron chi connectivity index (χ3n) is 2.45. The molecule has 1 heterocycles. The minimum atomic E-state index is -0.221. The summed E-state index contributed by atoms with van der Waals surface area (Å²) in [4.78, 5) is 14.7. The molecule has 18 heavy (non-hydrogen) atoms. The normalized spacial score (nSPS) is 10.3. The number of H-pyrrole nitrogens is 1. The van der Waals surface area contributed by atoms with E-state index in [4.69, 9.17) is 10.5 Å². The number of hydrogen-bond acceptors (Lipinski definition) is 3. The summed E-state index contributed by atoms with van der Waals surface area (Å²) in [5, 5.41) is 2.79. The van der Waals surface area contributed by atoms with Gasteiger partial charge in [0, 0.05) is 24.7 Å². The van der Waals surface area contributed by atoms with Crippen molar-refractivity contribution in [2.45, 2.75) is 6.61 Å². The van der Waals surface area contributed by atoms with E-state index in [1.54, 1.807) is 19.4 Å². The minimum Gasteiger partial charge on any atom is -0.397 e. The topological polar surface area (TPSA) is 80.1 Å². The van der Waals surface area contributed by atoms with E-state index in [0.717, 1.165) is 11.3 Å². The van der Waals surface area contributed by atoms with Crippen molar-refractivity contribution in [2.24, 2.45) is 0 Å². The fourth-order valence-electron chi connectivity index (χ4n) is 1.65. The second-order valence-electron chi connectivity index (χ2n) is 3.93. The molecule has 0 atom stereocenters. The summed E-state index contributed by atoms with van der Waals surface area (Å²) in [7, 11) is 1.63. The summed E-state index contributed by atoms with van der Waals surface area (Å²) in [6, 6.07) is 9.09. The van der Waals surface area contributed by atoms with Gasteiger partial charge in [0.2, 0.25) is 0 Å². The summed E-state index contributed by atoms with van der Waals surface area (Å²) < 4.78 is 5.04. The van der Waals surface area contributed by atoms with E-state index >= 15 is 0 Å². The molecule has 0 saturated heterocycles. The highest BCUT2D eigenvalue weighted by Crippen LogP contribution is 2.13. The number of carbonyl (C=O) groups excluding carboxylic acids is 1. The number of aromatic amines is 1. The molecule has 0 spiro atoms. The van der Waals surface area contributed by atoms with Crippen LogP contribution in [0.15, 0.2) is 36.5 Å². The Morgan fingerprint density at radius 3 is 2.94 bits per heavy atom. The molecule has 1 amide bonds. The number of aromatic nitrogens is 1. The highest BCUT2D eigenvalue weighted by atomic mass is 16.5. The van der Waals surface area contributed by atoms with Crippen LogP contribution in [-0.2, 0) is 11.3 Å². The molecule has 0 radical (unpaired) electrons. The van der Waals surface area contributed by atoms with Crippen LogP contribution in [0.5, 0.6) is 0 Å². The number of methoxy groups -OCH3 is 1. The molecule has 5 nitrogen and oxygen atoms in total. The van der Waals surface area contributed by atoms with Gasteiger partial charge in [-0.1, -0.05) is 12.1 Å². The minimum absolute atomic E-state index is 0.221. The maximum absolute atomic E-state index is 11.9. The van der Waals surface area contributed by atoms with Crippen LogP contribution in [0.1, 0.15) is 16.1 Å². The van der Waals surface area contributed by atoms with Crippen LogP contribution >= 0.6 is 0 Å². The van der Waals surface area contributed by atoms with Crippen molar-refractivity contribution in [1.29, 1.82) is 0 Å². The average molecular weight is 245 g/mol. The number of hydrogen-bond donors (Lipinski definition) is 3. The molecule has 5 heteroatoms. The van der Waals surface area contributed by atoms with Crippen molar-refractivity contribution in [1.82, 2.24) is 4.98 Å². The molecule has 0 aliphatic heterocycles. The molecule has 4 N–H and O–H groups in total. The zero-order valence-electron chi connectivity index (χ0n) is 10.1. The maximum Gasteiger partial charge on any atom is 0.272 e. The van der Waals surface area contributed by atoms with Crippen LogP contribution in [0.25, 0.3) is 0 Å². The fraction of sp³-hybridized carbons (Fsp3) is 0.154. The standard InChI is InChI=1S/C13H15N3O2/c1-18-8-9-3-2-4-11(5-9)16-13(17)12-6-10(14)7-15-12/h2-7,15H,8,14H2,1H3,(H,16,17). The van der Waals surface area contributed by atoms with Gasteiger partial charge in [0.05, 0.1) is 6.61 Å². The van der Waals surface area contributed by atoms with E-state index in [9.17, 15) is 4.79 Å². The predicted molar refractivity (Wildman–Crippen MR) is 70.3 cm³/mol. The molecule has 0 aliphatic carbocycles. The largest absolute Gasteiger partial charge is 0.397 e. The highest BCUT2D eigenvalue weighted by molar-refractivity contribution is 6.03. The van der Waals surface area contributed by atoms with E-state index in [-0.39, 0.29) is 5.91 Å². The van der Waals surface area contributed by atoms with E-state index in [2.05, 4.69) is 10.3 Å². The lowest BCUT2D eigenvalue weighted by Gasteiger charge is -2.06. The summed E-state index contributed by atoms with van der Waals surface area (Å²) in [6.45, 7) is 0.513. The fourth-order valence-corrected chi connectivity index (χ4v) is 1.65. The van der Waals surface area contributed by atoms with Gasteiger partial charge in [-0.05, 0) is 23.8 Å². The van der Waals surface area contributed by atoms with Crippen molar-refractivity contribution < 1.29 is 9.53 Å². The van der Waals surface area contributed by atoms with Crippen molar-refractivity contribution >= 4 is 17.3 Å². The number of rotatable bonds is 4. The lowest BCUT2D eigenvalue weighted by molar-refractivity contribution is 0.102. The Labute approximate surface area is 105 Å². The van der Waals surface area contributed by atoms with Gasteiger partial charge in [0.25, 0.3) is 5.91 Å². The summed E-state index contributed by atoms with van der Waals surface area (Å²) in [5.41, 5.74) is 8.24. The van der Waals surface area contributed by atoms with Crippen LogP contribution in [0.4, 0.5) is 11.4 Å². The van der Waals surface area contributed by atoms with Crippen molar-refractivity contribution in [3.8, 4) is 0 Å². The van der Waals surface area contributed by atoms with E-state index in [1.807, 2.05) is 24.3 Å². The van der Waals surface area contributed by atoms with Gasteiger partial charge < -0.3 is 20.8 Å². The molecule has 94 valence electrons. The first kappa shape index (κ1) is 12.2. The SMILES string of the molecule is COCc1cccc(NC(=O)c2cc(N)c[nH]2)c1. The first-order valence-corrected chi connectivity index (χ1v) is 5.52. The lowest BCUT2D eigenvalue weighted by atomic mass is 10.2. The number of amides is 1. The van der Waals surface area contributed by atoms with Crippen LogP contribution in [0.3, 0.4) is 0 Å². The molecule has 1 aromatic carbocycles. The molecule has 0 aliphatic rings. The number of nitrogens with one attached hydrogen (secondary N) is 2. The first-order chi connectivity index (χ1) is 8.69. The number of anilines is 2. The second kappa shape index (κ2) is 5.37. The zero-order valence-corrected chi connectivity index (χ0v) is 10.1. The third-order valence-corrected chi connectivity index (χ3v) is 2.45. The number of nitrogen functional groups attached to an aromatic ring is 1. The molecular formula is C13H15N3O2. The van der Waals surface area contributed by atoms with E-state index < -0.39 is 0 Å². The number of benzene rings is 1. The van der Waals surface area contributed by atoms with Crippen LogP contribution < -0.4 is 11.1 Å². The van der Waals surface area contributed by atoms with Crippen LogP contribution in [-0.4, -0.2) is 18.0 Å². The van der Waals surface area contributed by atoms with E-state index in [0.29, 0.717) is 18.0 Å². The zero-order chi connectivity index (χ0) is 13.0. The summed E-state index contributed by atoms with van der Waals surface area (Å²) in [5.74, 6) is -0.221. The Morgan fingerprint density at radius 2 is 2.28 bits per heavy atom. The third kappa shape index (κ3) is 2.89. The Morgan fingerprint density at radius 1 is 1.44 bits per heavy atom. The highest BCUT2D eigenvalue weighted by Gasteiger charge is 2.08.